The van der Waals surface area contributed by atoms with Gasteiger partial charge in [0.1, 0.15) is 6.61 Å². The van der Waals surface area contributed by atoms with Crippen molar-refractivity contribution in [2.45, 2.75) is 6.29 Å². The number of H-pyrrole nitrogens is 1. The van der Waals surface area contributed by atoms with Crippen LogP contribution in [0.4, 0.5) is 0 Å². The molecular weight excluding hydrogens is 282 g/mol. The van der Waals surface area contributed by atoms with E-state index >= 15 is 0 Å². The molecule has 0 radical (unpaired) electrons. The predicted molar refractivity (Wildman–Crippen MR) is 71.7 cm³/mol. The van der Waals surface area contributed by atoms with Crippen LogP contribution in [0.2, 0.25) is 0 Å². The number of hydrogen-bond acceptors (Lipinski definition) is 7. The second-order valence-corrected chi connectivity index (χ2v) is 4.21. The van der Waals surface area contributed by atoms with Crippen LogP contribution in [0.15, 0.2) is 10.9 Å². The van der Waals surface area contributed by atoms with E-state index < -0.39 is 11.8 Å². The summed E-state index contributed by atoms with van der Waals surface area (Å²) in [6, 6.07) is 1.54. The van der Waals surface area contributed by atoms with E-state index in [2.05, 4.69) is 4.98 Å². The number of ether oxygens (including phenoxy) is 5. The lowest BCUT2D eigenvalue weighted by Crippen LogP contribution is -2.18. The summed E-state index contributed by atoms with van der Waals surface area (Å²) in [6.45, 7) is 1.62. The second kappa shape index (κ2) is 7.99. The Bertz CT molecular complexity index is 496. The Balaban J connectivity index is 2.06. The molecule has 0 spiro atoms. The number of rotatable bonds is 8. The highest BCUT2D eigenvalue weighted by atomic mass is 16.7. The van der Waals surface area contributed by atoms with Crippen LogP contribution < -0.4 is 15.0 Å². The number of hydrogen-bond donors (Lipinski definition) is 2. The standard InChI is InChI=1S/C13H19NO7/c1-17-12-9(13-20-6-7-21-13)8-10(11(16)14-12)19-5-4-18-3-2-15/h8,13,15H,2-7H2,1H3,(H,14,16). The average Bonchev–Trinajstić information content (AvgIpc) is 3.02. The first-order chi connectivity index (χ1) is 10.3. The van der Waals surface area contributed by atoms with Gasteiger partial charge in [-0.05, 0) is 6.07 Å². The molecule has 0 bridgehead atoms. The van der Waals surface area contributed by atoms with Gasteiger partial charge in [-0.2, -0.15) is 0 Å². The number of aliphatic hydroxyl groups excluding tert-OH is 1. The molecule has 1 aromatic rings. The highest BCUT2D eigenvalue weighted by molar-refractivity contribution is 5.34. The molecular formula is C13H19NO7. The molecule has 0 amide bonds. The smallest absolute Gasteiger partial charge is 0.293 e. The molecule has 1 fully saturated rings. The molecule has 118 valence electrons. The summed E-state index contributed by atoms with van der Waals surface area (Å²) in [5.41, 5.74) is 0.164. The summed E-state index contributed by atoms with van der Waals surface area (Å²) in [7, 11) is 1.45. The quantitative estimate of drug-likeness (QED) is 0.642. The van der Waals surface area contributed by atoms with Gasteiger partial charge in [-0.15, -0.1) is 0 Å². The predicted octanol–water partition coefficient (Wildman–Crippen LogP) is -0.183. The largest absolute Gasteiger partial charge is 0.485 e. The van der Waals surface area contributed by atoms with Gasteiger partial charge >= 0.3 is 0 Å². The van der Waals surface area contributed by atoms with Gasteiger partial charge in [-0.3, -0.25) is 9.78 Å². The van der Waals surface area contributed by atoms with Gasteiger partial charge in [-0.1, -0.05) is 0 Å². The molecule has 1 aliphatic heterocycles. The van der Waals surface area contributed by atoms with Crippen molar-refractivity contribution in [3.8, 4) is 11.6 Å². The van der Waals surface area contributed by atoms with Crippen LogP contribution in [-0.2, 0) is 14.2 Å². The van der Waals surface area contributed by atoms with E-state index in [4.69, 9.17) is 28.8 Å². The normalized spacial score (nSPS) is 15.3. The van der Waals surface area contributed by atoms with Crippen molar-refractivity contribution >= 4 is 0 Å². The number of pyridine rings is 1. The molecule has 0 aromatic carbocycles. The molecule has 0 atom stereocenters. The monoisotopic (exact) mass is 301 g/mol. The van der Waals surface area contributed by atoms with Gasteiger partial charge in [0.15, 0.2) is 12.0 Å². The Labute approximate surface area is 121 Å². The van der Waals surface area contributed by atoms with Gasteiger partial charge in [0.05, 0.1) is 45.7 Å². The highest BCUT2D eigenvalue weighted by Gasteiger charge is 2.24. The maximum absolute atomic E-state index is 11.9. The first kappa shape index (κ1) is 15.8. The fourth-order valence-electron chi connectivity index (χ4n) is 1.88. The number of aromatic nitrogens is 1. The minimum Gasteiger partial charge on any atom is -0.485 e. The van der Waals surface area contributed by atoms with Gasteiger partial charge in [-0.25, -0.2) is 0 Å². The van der Waals surface area contributed by atoms with E-state index in [1.807, 2.05) is 0 Å². The van der Waals surface area contributed by atoms with E-state index in [0.29, 0.717) is 18.8 Å². The zero-order valence-corrected chi connectivity index (χ0v) is 11.8. The van der Waals surface area contributed by atoms with Gasteiger partial charge in [0, 0.05) is 0 Å². The maximum Gasteiger partial charge on any atom is 0.293 e. The van der Waals surface area contributed by atoms with Crippen LogP contribution in [0.5, 0.6) is 11.6 Å². The van der Waals surface area contributed by atoms with Crippen molar-refractivity contribution < 1.29 is 28.8 Å². The Hall–Kier alpha value is -1.61. The Morgan fingerprint density at radius 2 is 2.10 bits per heavy atom. The van der Waals surface area contributed by atoms with Gasteiger partial charge in [0.2, 0.25) is 5.88 Å². The molecule has 8 nitrogen and oxygen atoms in total. The van der Waals surface area contributed by atoms with Crippen molar-refractivity contribution in [2.75, 3.05) is 46.8 Å². The summed E-state index contributed by atoms with van der Waals surface area (Å²) in [5.74, 6) is 0.424. The van der Waals surface area contributed by atoms with Crippen LogP contribution in [0.1, 0.15) is 11.9 Å². The lowest BCUT2D eigenvalue weighted by Gasteiger charge is -2.15. The minimum absolute atomic E-state index is 0.0520. The summed E-state index contributed by atoms with van der Waals surface area (Å²) >= 11 is 0. The van der Waals surface area contributed by atoms with Crippen molar-refractivity contribution in [1.82, 2.24) is 4.98 Å². The molecule has 1 aliphatic rings. The average molecular weight is 301 g/mol. The first-order valence-electron chi connectivity index (χ1n) is 6.62. The molecule has 21 heavy (non-hydrogen) atoms. The number of aromatic amines is 1. The second-order valence-electron chi connectivity index (χ2n) is 4.21. The third-order valence-corrected chi connectivity index (χ3v) is 2.80. The summed E-state index contributed by atoms with van der Waals surface area (Å²) < 4.78 is 26.4. The molecule has 8 heteroatoms. The Morgan fingerprint density at radius 1 is 1.33 bits per heavy atom. The third kappa shape index (κ3) is 4.18. The topological polar surface area (TPSA) is 99.2 Å². The van der Waals surface area contributed by atoms with Crippen LogP contribution in [0.3, 0.4) is 0 Å². The lowest BCUT2D eigenvalue weighted by atomic mass is 10.2. The third-order valence-electron chi connectivity index (χ3n) is 2.80. The van der Waals surface area contributed by atoms with E-state index in [0.717, 1.165) is 0 Å². The molecule has 1 aromatic heterocycles. The maximum atomic E-state index is 11.9. The summed E-state index contributed by atoms with van der Waals surface area (Å²) in [4.78, 5) is 14.4. The van der Waals surface area contributed by atoms with Gasteiger partial charge in [0.25, 0.3) is 5.56 Å². The molecule has 2 heterocycles. The molecule has 0 unspecified atom stereocenters. The summed E-state index contributed by atoms with van der Waals surface area (Å²) in [5, 5.41) is 8.58. The zero-order chi connectivity index (χ0) is 15.1. The zero-order valence-electron chi connectivity index (χ0n) is 11.8. The molecule has 0 aliphatic carbocycles. The van der Waals surface area contributed by atoms with Crippen LogP contribution in [0, 0.1) is 0 Å². The summed E-state index contributed by atoms with van der Waals surface area (Å²) in [6.07, 6.45) is -0.579. The fourth-order valence-corrected chi connectivity index (χ4v) is 1.88. The van der Waals surface area contributed by atoms with Crippen molar-refractivity contribution in [1.29, 1.82) is 0 Å². The highest BCUT2D eigenvalue weighted by Crippen LogP contribution is 2.30. The van der Waals surface area contributed by atoms with Crippen LogP contribution >= 0.6 is 0 Å². The van der Waals surface area contributed by atoms with Crippen LogP contribution in [0.25, 0.3) is 0 Å². The molecule has 0 saturated carbocycles. The Kier molecular flexibility index (Phi) is 6.00. The van der Waals surface area contributed by atoms with Crippen LogP contribution in [-0.4, -0.2) is 56.8 Å². The SMILES string of the molecule is COc1[nH]c(=O)c(OCCOCCO)cc1C1OCCO1. The minimum atomic E-state index is -0.579. The lowest BCUT2D eigenvalue weighted by molar-refractivity contribution is -0.0460. The van der Waals surface area contributed by atoms with E-state index in [1.165, 1.54) is 7.11 Å². The van der Waals surface area contributed by atoms with E-state index in [9.17, 15) is 4.79 Å². The van der Waals surface area contributed by atoms with E-state index in [1.54, 1.807) is 6.07 Å². The van der Waals surface area contributed by atoms with Crippen molar-refractivity contribution in [3.63, 3.8) is 0 Å². The van der Waals surface area contributed by atoms with E-state index in [-0.39, 0.29) is 38.1 Å². The molecule has 2 rings (SSSR count). The van der Waals surface area contributed by atoms with Gasteiger partial charge < -0.3 is 28.8 Å². The Morgan fingerprint density at radius 3 is 2.76 bits per heavy atom. The number of aliphatic hydroxyl groups is 1. The molecule has 2 N–H and O–H groups in total. The van der Waals surface area contributed by atoms with Crippen molar-refractivity contribution in [3.05, 3.63) is 22.0 Å². The molecule has 1 saturated heterocycles. The fraction of sp³-hybridized carbons (Fsp3) is 0.615. The first-order valence-corrected chi connectivity index (χ1v) is 6.62. The van der Waals surface area contributed by atoms with Crippen molar-refractivity contribution in [2.24, 2.45) is 0 Å². The number of methoxy groups -OCH3 is 1. The number of nitrogens with one attached hydrogen (secondary N) is 1.